The molecular formula is C27H32N8O2. The molecule has 0 atom stereocenters. The summed E-state index contributed by atoms with van der Waals surface area (Å²) >= 11 is 0. The summed E-state index contributed by atoms with van der Waals surface area (Å²) in [5.74, 6) is 0.625. The molecule has 1 aliphatic heterocycles. The molecule has 10 nitrogen and oxygen atoms in total. The van der Waals surface area contributed by atoms with Crippen LogP contribution in [-0.2, 0) is 16.1 Å². The first-order valence-electron chi connectivity index (χ1n) is 12.4. The minimum absolute atomic E-state index is 0.104. The van der Waals surface area contributed by atoms with Crippen LogP contribution in [0.3, 0.4) is 0 Å². The molecule has 1 saturated heterocycles. The van der Waals surface area contributed by atoms with Crippen LogP contribution in [0.25, 0.3) is 27.9 Å². The van der Waals surface area contributed by atoms with Gasteiger partial charge < -0.3 is 15.5 Å². The van der Waals surface area contributed by atoms with Gasteiger partial charge in [-0.1, -0.05) is 26.0 Å². The second-order valence-corrected chi connectivity index (χ2v) is 10.4. The number of benzene rings is 1. The standard InChI is InChI=1S/C27H32N8O2/c1-17(2)14-32-15-20(13-30-32)22-12-23(35-24(22)25(28)29-16-31-35)19-7-6-8-21(11-19)33-9-10-34(18(3)36)27(4,5)26(33)37/h6-8,11-13,15-17H,9-10,14H2,1-5H3,(H2,28,29,31). The number of carbonyl (C=O) groups is 2. The fourth-order valence-corrected chi connectivity index (χ4v) is 5.13. The highest BCUT2D eigenvalue weighted by Crippen LogP contribution is 2.36. The average Bonchev–Trinajstić information content (AvgIpc) is 3.45. The van der Waals surface area contributed by atoms with Gasteiger partial charge in [0.05, 0.1) is 11.9 Å². The third kappa shape index (κ3) is 4.22. The number of fused-ring (bicyclic) bond motifs is 1. The Morgan fingerprint density at radius 2 is 1.92 bits per heavy atom. The number of piperazine rings is 1. The SMILES string of the molecule is CC(=O)N1CCN(c2cccc(-c3cc(-c4cnn(CC(C)C)c4)c4c(N)ncnn34)c2)C(=O)C1(C)C. The van der Waals surface area contributed by atoms with E-state index in [-0.39, 0.29) is 11.8 Å². The fourth-order valence-electron chi connectivity index (χ4n) is 5.13. The summed E-state index contributed by atoms with van der Waals surface area (Å²) in [4.78, 5) is 33.1. The maximum Gasteiger partial charge on any atom is 0.252 e. The lowest BCUT2D eigenvalue weighted by molar-refractivity contribution is -0.145. The summed E-state index contributed by atoms with van der Waals surface area (Å²) in [6.45, 7) is 11.1. The fraction of sp³-hybridized carbons (Fsp3) is 0.370. The van der Waals surface area contributed by atoms with Crippen molar-refractivity contribution in [3.8, 4) is 22.4 Å². The Balaban J connectivity index is 1.57. The molecule has 0 spiro atoms. The number of hydrogen-bond acceptors (Lipinski definition) is 6. The van der Waals surface area contributed by atoms with Crippen molar-refractivity contribution in [2.75, 3.05) is 23.7 Å². The Morgan fingerprint density at radius 1 is 1.14 bits per heavy atom. The van der Waals surface area contributed by atoms with Crippen LogP contribution in [0.5, 0.6) is 0 Å². The van der Waals surface area contributed by atoms with Gasteiger partial charge in [0.2, 0.25) is 5.91 Å². The van der Waals surface area contributed by atoms with E-state index in [4.69, 9.17) is 5.73 Å². The first-order valence-corrected chi connectivity index (χ1v) is 12.4. The van der Waals surface area contributed by atoms with Gasteiger partial charge in [-0.05, 0) is 38.0 Å². The lowest BCUT2D eigenvalue weighted by Gasteiger charge is -2.45. The van der Waals surface area contributed by atoms with E-state index in [1.807, 2.05) is 47.4 Å². The smallest absolute Gasteiger partial charge is 0.252 e. The monoisotopic (exact) mass is 500 g/mol. The van der Waals surface area contributed by atoms with E-state index in [0.29, 0.717) is 30.3 Å². The van der Waals surface area contributed by atoms with E-state index >= 15 is 0 Å². The number of nitrogen functional groups attached to an aromatic ring is 1. The number of rotatable bonds is 5. The van der Waals surface area contributed by atoms with Crippen LogP contribution in [0, 0.1) is 5.92 Å². The molecule has 37 heavy (non-hydrogen) atoms. The number of nitrogens with two attached hydrogens (primary N) is 1. The van der Waals surface area contributed by atoms with Gasteiger partial charge in [0.1, 0.15) is 17.4 Å². The minimum atomic E-state index is -0.924. The summed E-state index contributed by atoms with van der Waals surface area (Å²) in [5, 5.41) is 9.02. The number of nitrogens with zero attached hydrogens (tertiary/aromatic N) is 7. The normalized spacial score (nSPS) is 15.7. The highest BCUT2D eigenvalue weighted by atomic mass is 16.2. The summed E-state index contributed by atoms with van der Waals surface area (Å²) in [5.41, 5.74) is 10.4. The van der Waals surface area contributed by atoms with Crippen molar-refractivity contribution >= 4 is 28.8 Å². The summed E-state index contributed by atoms with van der Waals surface area (Å²) in [7, 11) is 0. The maximum absolute atomic E-state index is 13.4. The van der Waals surface area contributed by atoms with Gasteiger partial charge in [-0.2, -0.15) is 10.2 Å². The lowest BCUT2D eigenvalue weighted by Crippen LogP contribution is -2.64. The minimum Gasteiger partial charge on any atom is -0.382 e. The second-order valence-electron chi connectivity index (χ2n) is 10.4. The Morgan fingerprint density at radius 3 is 2.65 bits per heavy atom. The van der Waals surface area contributed by atoms with Crippen LogP contribution in [0.4, 0.5) is 11.5 Å². The summed E-state index contributed by atoms with van der Waals surface area (Å²) in [6, 6.07) is 9.83. The van der Waals surface area contributed by atoms with Crippen molar-refractivity contribution in [2.45, 2.75) is 46.7 Å². The first-order chi connectivity index (χ1) is 17.6. The zero-order chi connectivity index (χ0) is 26.5. The molecule has 192 valence electrons. The molecule has 5 rings (SSSR count). The predicted octanol–water partition coefficient (Wildman–Crippen LogP) is 3.47. The van der Waals surface area contributed by atoms with Gasteiger partial charge in [0.25, 0.3) is 5.91 Å². The number of anilines is 2. The molecule has 0 bridgehead atoms. The van der Waals surface area contributed by atoms with E-state index < -0.39 is 5.54 Å². The zero-order valence-corrected chi connectivity index (χ0v) is 21.8. The number of hydrogen-bond donors (Lipinski definition) is 1. The number of carbonyl (C=O) groups excluding carboxylic acids is 2. The van der Waals surface area contributed by atoms with Crippen LogP contribution < -0.4 is 10.6 Å². The molecule has 10 heteroatoms. The molecule has 4 aromatic rings. The largest absolute Gasteiger partial charge is 0.382 e. The molecule has 4 heterocycles. The van der Waals surface area contributed by atoms with Crippen LogP contribution in [0.15, 0.2) is 49.1 Å². The van der Waals surface area contributed by atoms with E-state index in [1.165, 1.54) is 13.3 Å². The van der Waals surface area contributed by atoms with Crippen molar-refractivity contribution in [1.29, 1.82) is 0 Å². The molecule has 0 aliphatic carbocycles. The second kappa shape index (κ2) is 9.02. The van der Waals surface area contributed by atoms with Gasteiger partial charge in [-0.3, -0.25) is 14.3 Å². The number of amides is 2. The van der Waals surface area contributed by atoms with Crippen molar-refractivity contribution in [3.05, 3.63) is 49.1 Å². The average molecular weight is 501 g/mol. The molecule has 0 unspecified atom stereocenters. The molecule has 3 aromatic heterocycles. The van der Waals surface area contributed by atoms with Gasteiger partial charge in [-0.25, -0.2) is 9.50 Å². The molecule has 2 N–H and O–H groups in total. The molecule has 0 saturated carbocycles. The Hall–Kier alpha value is -4.21. The van der Waals surface area contributed by atoms with Gasteiger partial charge in [0.15, 0.2) is 5.82 Å². The zero-order valence-electron chi connectivity index (χ0n) is 21.8. The van der Waals surface area contributed by atoms with E-state index in [1.54, 1.807) is 28.2 Å². The van der Waals surface area contributed by atoms with Crippen LogP contribution in [0.2, 0.25) is 0 Å². The third-order valence-corrected chi connectivity index (χ3v) is 6.90. The topological polar surface area (TPSA) is 115 Å². The first kappa shape index (κ1) is 24.5. The third-order valence-electron chi connectivity index (χ3n) is 6.90. The van der Waals surface area contributed by atoms with Crippen LogP contribution in [-0.4, -0.2) is 59.7 Å². The van der Waals surface area contributed by atoms with Gasteiger partial charge >= 0.3 is 0 Å². The van der Waals surface area contributed by atoms with Crippen molar-refractivity contribution in [2.24, 2.45) is 5.92 Å². The molecule has 1 aromatic carbocycles. The molecular weight excluding hydrogens is 468 g/mol. The van der Waals surface area contributed by atoms with Crippen LogP contribution >= 0.6 is 0 Å². The summed E-state index contributed by atoms with van der Waals surface area (Å²) in [6.07, 6.45) is 5.28. The van der Waals surface area contributed by atoms with Gasteiger partial charge in [0, 0.05) is 55.1 Å². The van der Waals surface area contributed by atoms with Crippen molar-refractivity contribution in [1.82, 2.24) is 29.3 Å². The Labute approximate surface area is 215 Å². The highest BCUT2D eigenvalue weighted by molar-refractivity contribution is 6.03. The Bertz CT molecular complexity index is 1500. The molecule has 1 fully saturated rings. The maximum atomic E-state index is 13.4. The predicted molar refractivity (Wildman–Crippen MR) is 143 cm³/mol. The molecule has 1 aliphatic rings. The lowest BCUT2D eigenvalue weighted by atomic mass is 9.96. The van der Waals surface area contributed by atoms with E-state index in [2.05, 4.69) is 29.0 Å². The van der Waals surface area contributed by atoms with E-state index in [9.17, 15) is 9.59 Å². The van der Waals surface area contributed by atoms with Gasteiger partial charge in [-0.15, -0.1) is 0 Å². The quantitative estimate of drug-likeness (QED) is 0.449. The van der Waals surface area contributed by atoms with Crippen molar-refractivity contribution in [3.63, 3.8) is 0 Å². The molecule has 2 amide bonds. The van der Waals surface area contributed by atoms with Crippen molar-refractivity contribution < 1.29 is 9.59 Å². The Kier molecular flexibility index (Phi) is 5.97. The van der Waals surface area contributed by atoms with E-state index in [0.717, 1.165) is 34.6 Å². The summed E-state index contributed by atoms with van der Waals surface area (Å²) < 4.78 is 3.72. The highest BCUT2D eigenvalue weighted by Gasteiger charge is 2.43. The molecule has 0 radical (unpaired) electrons. The number of aromatic nitrogens is 5. The van der Waals surface area contributed by atoms with Crippen LogP contribution in [0.1, 0.15) is 34.6 Å².